The van der Waals surface area contributed by atoms with E-state index < -0.39 is 11.8 Å². The number of carbonyl (C=O) groups excluding carboxylic acids is 3. The van der Waals surface area contributed by atoms with Gasteiger partial charge in [0.1, 0.15) is 12.4 Å². The Labute approximate surface area is 198 Å². The predicted molar refractivity (Wildman–Crippen MR) is 129 cm³/mol. The van der Waals surface area contributed by atoms with Gasteiger partial charge in [-0.15, -0.1) is 0 Å². The van der Waals surface area contributed by atoms with Crippen molar-refractivity contribution in [3.8, 4) is 5.75 Å². The molecule has 0 saturated carbocycles. The van der Waals surface area contributed by atoms with E-state index >= 15 is 0 Å². The van der Waals surface area contributed by atoms with E-state index in [1.807, 2.05) is 13.8 Å². The molecule has 2 aromatic carbocycles. The highest BCUT2D eigenvalue weighted by molar-refractivity contribution is 7.80. The number of rotatable bonds is 10. The molecule has 10 heteroatoms. The Morgan fingerprint density at radius 2 is 1.67 bits per heavy atom. The van der Waals surface area contributed by atoms with Crippen LogP contribution in [0.3, 0.4) is 0 Å². The largest absolute Gasteiger partial charge is 0.491 e. The summed E-state index contributed by atoms with van der Waals surface area (Å²) in [6, 6.07) is 13.0. The molecule has 0 aromatic heterocycles. The lowest BCUT2D eigenvalue weighted by Crippen LogP contribution is -2.48. The summed E-state index contributed by atoms with van der Waals surface area (Å²) in [6.45, 7) is 5.25. The Morgan fingerprint density at radius 1 is 0.909 bits per heavy atom. The monoisotopic (exact) mass is 472 g/mol. The first-order chi connectivity index (χ1) is 15.9. The van der Waals surface area contributed by atoms with Crippen LogP contribution < -0.4 is 26.2 Å². The minimum atomic E-state index is -0.456. The van der Waals surface area contributed by atoms with Gasteiger partial charge in [0, 0.05) is 29.8 Å². The summed E-state index contributed by atoms with van der Waals surface area (Å²) in [5.74, 6) is -0.462. The van der Waals surface area contributed by atoms with Crippen LogP contribution in [0, 0.1) is 0 Å². The molecule has 0 bridgehead atoms. The van der Waals surface area contributed by atoms with Gasteiger partial charge in [0.25, 0.3) is 11.8 Å². The van der Waals surface area contributed by atoms with Crippen molar-refractivity contribution in [2.75, 3.05) is 25.1 Å². The van der Waals surface area contributed by atoms with E-state index in [4.69, 9.17) is 21.7 Å². The van der Waals surface area contributed by atoms with Crippen molar-refractivity contribution in [2.24, 2.45) is 0 Å². The van der Waals surface area contributed by atoms with E-state index in [-0.39, 0.29) is 11.0 Å². The second kappa shape index (κ2) is 13.8. The molecule has 2 aromatic rings. The second-order valence-electron chi connectivity index (χ2n) is 6.81. The molecule has 33 heavy (non-hydrogen) atoms. The molecule has 2 rings (SSSR count). The Balaban J connectivity index is 1.80. The van der Waals surface area contributed by atoms with Gasteiger partial charge in [-0.05, 0) is 68.0 Å². The van der Waals surface area contributed by atoms with Gasteiger partial charge in [-0.1, -0.05) is 13.0 Å². The summed E-state index contributed by atoms with van der Waals surface area (Å²) >= 11 is 5.07. The number of hydrazine groups is 1. The molecule has 9 nitrogen and oxygen atoms in total. The van der Waals surface area contributed by atoms with Crippen LogP contribution in [0.2, 0.25) is 0 Å². The molecule has 0 atom stereocenters. The number of thiocarbonyl (C=S) groups is 1. The zero-order valence-electron chi connectivity index (χ0n) is 18.6. The molecule has 0 fully saturated rings. The van der Waals surface area contributed by atoms with Crippen LogP contribution >= 0.6 is 12.2 Å². The van der Waals surface area contributed by atoms with E-state index in [9.17, 15) is 14.4 Å². The number of hydrogen-bond donors (Lipinski definition) is 4. The van der Waals surface area contributed by atoms with Crippen LogP contribution in [0.25, 0.3) is 0 Å². The number of ether oxygens (including phenoxy) is 2. The Bertz CT molecular complexity index is 966. The maximum absolute atomic E-state index is 12.4. The van der Waals surface area contributed by atoms with Gasteiger partial charge in [0.15, 0.2) is 5.11 Å². The lowest BCUT2D eigenvalue weighted by atomic mass is 10.2. The topological polar surface area (TPSA) is 118 Å². The molecular weight excluding hydrogens is 444 g/mol. The fourth-order valence-corrected chi connectivity index (χ4v) is 2.78. The summed E-state index contributed by atoms with van der Waals surface area (Å²) in [6.07, 6.45) is 1.18. The normalized spacial score (nSPS) is 10.1. The minimum absolute atomic E-state index is 0.0699. The summed E-state index contributed by atoms with van der Waals surface area (Å²) in [4.78, 5) is 36.3. The lowest BCUT2D eigenvalue weighted by molar-refractivity contribution is -0.116. The van der Waals surface area contributed by atoms with Gasteiger partial charge in [0.05, 0.1) is 6.61 Å². The lowest BCUT2D eigenvalue weighted by Gasteiger charge is -2.12. The van der Waals surface area contributed by atoms with E-state index in [2.05, 4.69) is 21.5 Å². The van der Waals surface area contributed by atoms with E-state index in [0.29, 0.717) is 48.8 Å². The molecule has 0 unspecified atom stereocenters. The summed E-state index contributed by atoms with van der Waals surface area (Å²) in [5, 5.41) is 5.17. The molecule has 0 saturated heterocycles. The molecule has 4 N–H and O–H groups in total. The first-order valence-electron chi connectivity index (χ1n) is 10.5. The number of hydrogen-bond acceptors (Lipinski definition) is 6. The first-order valence-corrected chi connectivity index (χ1v) is 11.0. The Morgan fingerprint density at radius 3 is 2.36 bits per heavy atom. The SMILES string of the molecule is CCCC(=O)Nc1ccc(C(=O)NNC(=S)NC(=O)c2cccc(OCCOCC)c2)cc1. The third-order valence-electron chi connectivity index (χ3n) is 4.22. The zero-order valence-corrected chi connectivity index (χ0v) is 19.4. The minimum Gasteiger partial charge on any atom is -0.491 e. The van der Waals surface area contributed by atoms with Crippen LogP contribution in [0.4, 0.5) is 5.69 Å². The highest BCUT2D eigenvalue weighted by atomic mass is 32.1. The molecule has 0 aliphatic carbocycles. The van der Waals surface area contributed by atoms with Gasteiger partial charge < -0.3 is 14.8 Å². The second-order valence-corrected chi connectivity index (χ2v) is 7.22. The van der Waals surface area contributed by atoms with Crippen molar-refractivity contribution in [3.05, 3.63) is 59.7 Å². The van der Waals surface area contributed by atoms with Crippen LogP contribution in [0.15, 0.2) is 48.5 Å². The highest BCUT2D eigenvalue weighted by Gasteiger charge is 2.11. The first kappa shape index (κ1) is 25.8. The van der Waals surface area contributed by atoms with E-state index in [1.54, 1.807) is 48.5 Å². The standard InChI is InChI=1S/C23H28N4O5S/c1-3-6-20(28)24-18-11-9-16(10-12-18)22(30)26-27-23(33)25-21(29)17-7-5-8-19(15-17)32-14-13-31-4-2/h5,7-12,15H,3-4,6,13-14H2,1-2H3,(H,24,28)(H,26,30)(H2,25,27,29,33). The van der Waals surface area contributed by atoms with Gasteiger partial charge in [0.2, 0.25) is 5.91 Å². The summed E-state index contributed by atoms with van der Waals surface area (Å²) in [7, 11) is 0. The number of nitrogens with one attached hydrogen (secondary N) is 4. The van der Waals surface area contributed by atoms with Crippen molar-refractivity contribution in [1.29, 1.82) is 0 Å². The molecule has 0 spiro atoms. The quantitative estimate of drug-likeness (QED) is 0.239. The molecule has 0 radical (unpaired) electrons. The van der Waals surface area contributed by atoms with Crippen molar-refractivity contribution in [2.45, 2.75) is 26.7 Å². The highest BCUT2D eigenvalue weighted by Crippen LogP contribution is 2.13. The van der Waals surface area contributed by atoms with Gasteiger partial charge in [-0.2, -0.15) is 0 Å². The third kappa shape index (κ3) is 9.26. The average Bonchev–Trinajstić information content (AvgIpc) is 2.81. The maximum atomic E-state index is 12.4. The van der Waals surface area contributed by atoms with Gasteiger partial charge >= 0.3 is 0 Å². The number of anilines is 1. The summed E-state index contributed by atoms with van der Waals surface area (Å²) < 4.78 is 10.8. The molecular formula is C23H28N4O5S. The third-order valence-corrected chi connectivity index (χ3v) is 4.43. The van der Waals surface area contributed by atoms with Crippen LogP contribution in [0.1, 0.15) is 47.4 Å². The molecule has 3 amide bonds. The van der Waals surface area contributed by atoms with Crippen LogP contribution in [-0.2, 0) is 9.53 Å². The van der Waals surface area contributed by atoms with Crippen molar-refractivity contribution in [1.82, 2.24) is 16.2 Å². The molecule has 176 valence electrons. The number of amides is 3. The zero-order chi connectivity index (χ0) is 24.1. The fraction of sp³-hybridized carbons (Fsp3) is 0.304. The van der Waals surface area contributed by atoms with Gasteiger partial charge in [-0.25, -0.2) is 0 Å². The van der Waals surface area contributed by atoms with E-state index in [0.717, 1.165) is 6.42 Å². The average molecular weight is 473 g/mol. The Hall–Kier alpha value is -3.50. The van der Waals surface area contributed by atoms with Crippen LogP contribution in [0.5, 0.6) is 5.75 Å². The Kier molecular flexibility index (Phi) is 10.8. The predicted octanol–water partition coefficient (Wildman–Crippen LogP) is 2.79. The molecule has 0 heterocycles. The molecule has 0 aliphatic rings. The smallest absolute Gasteiger partial charge is 0.269 e. The van der Waals surface area contributed by atoms with Gasteiger partial charge in [-0.3, -0.25) is 30.6 Å². The molecule has 0 aliphatic heterocycles. The van der Waals surface area contributed by atoms with Crippen molar-refractivity contribution < 1.29 is 23.9 Å². The fourth-order valence-electron chi connectivity index (χ4n) is 2.64. The van der Waals surface area contributed by atoms with Crippen molar-refractivity contribution in [3.63, 3.8) is 0 Å². The maximum Gasteiger partial charge on any atom is 0.269 e. The van der Waals surface area contributed by atoms with Crippen LogP contribution in [-0.4, -0.2) is 42.7 Å². The summed E-state index contributed by atoms with van der Waals surface area (Å²) in [5.41, 5.74) is 6.21. The van der Waals surface area contributed by atoms with E-state index in [1.165, 1.54) is 0 Å². The number of carbonyl (C=O) groups is 3. The number of benzene rings is 2. The van der Waals surface area contributed by atoms with Crippen molar-refractivity contribution >= 4 is 40.7 Å².